The molecule has 21 heavy (non-hydrogen) atoms. The highest BCUT2D eigenvalue weighted by Gasteiger charge is 2.28. The van der Waals surface area contributed by atoms with E-state index in [4.69, 9.17) is 10.5 Å². The summed E-state index contributed by atoms with van der Waals surface area (Å²) in [6, 6.07) is 2.13. The second kappa shape index (κ2) is 6.08. The fraction of sp³-hybridized carbons (Fsp3) is 0.714. The molecule has 0 atom stereocenters. The molecule has 0 bridgehead atoms. The van der Waals surface area contributed by atoms with Crippen molar-refractivity contribution in [3.05, 3.63) is 18.0 Å². The summed E-state index contributed by atoms with van der Waals surface area (Å²) in [7, 11) is -3.44. The summed E-state index contributed by atoms with van der Waals surface area (Å²) in [6.45, 7) is 2.30. The monoisotopic (exact) mass is 313 g/mol. The van der Waals surface area contributed by atoms with Gasteiger partial charge in [0.2, 0.25) is 10.0 Å². The average molecular weight is 313 g/mol. The lowest BCUT2D eigenvalue weighted by Gasteiger charge is -2.21. The molecule has 3 rings (SSSR count). The summed E-state index contributed by atoms with van der Waals surface area (Å²) in [4.78, 5) is 0.335. The molecule has 1 aliphatic carbocycles. The van der Waals surface area contributed by atoms with Gasteiger partial charge in [-0.05, 0) is 37.7 Å². The third-order valence-electron chi connectivity index (χ3n) is 4.27. The van der Waals surface area contributed by atoms with Crippen molar-refractivity contribution in [2.24, 2.45) is 11.7 Å². The van der Waals surface area contributed by atoms with E-state index in [0.717, 1.165) is 44.6 Å². The van der Waals surface area contributed by atoms with E-state index in [1.165, 1.54) is 0 Å². The molecule has 0 radical (unpaired) electrons. The van der Waals surface area contributed by atoms with Crippen molar-refractivity contribution in [2.75, 3.05) is 19.8 Å². The minimum atomic E-state index is -3.44. The van der Waals surface area contributed by atoms with Gasteiger partial charge in [-0.1, -0.05) is 0 Å². The van der Waals surface area contributed by atoms with Crippen molar-refractivity contribution in [3.8, 4) is 0 Å². The fourth-order valence-electron chi connectivity index (χ4n) is 2.76. The van der Waals surface area contributed by atoms with Gasteiger partial charge < -0.3 is 15.0 Å². The van der Waals surface area contributed by atoms with Gasteiger partial charge in [-0.2, -0.15) is 0 Å². The molecule has 0 amide bonds. The molecule has 1 saturated carbocycles. The molecule has 7 heteroatoms. The molecule has 2 fully saturated rings. The molecular formula is C14H23N3O3S. The molecule has 0 aromatic carbocycles. The molecule has 1 aromatic heterocycles. The summed E-state index contributed by atoms with van der Waals surface area (Å²) < 4.78 is 34.8. The van der Waals surface area contributed by atoms with Crippen LogP contribution in [0.2, 0.25) is 0 Å². The topological polar surface area (TPSA) is 86.3 Å². The van der Waals surface area contributed by atoms with Gasteiger partial charge in [-0.25, -0.2) is 13.1 Å². The van der Waals surface area contributed by atoms with E-state index in [2.05, 4.69) is 4.72 Å². The van der Waals surface area contributed by atoms with Crippen LogP contribution in [-0.4, -0.2) is 32.7 Å². The lowest BCUT2D eigenvalue weighted by atomic mass is 10.0. The molecule has 2 heterocycles. The van der Waals surface area contributed by atoms with Crippen molar-refractivity contribution >= 4 is 10.0 Å². The Balaban J connectivity index is 1.68. The fourth-order valence-corrected chi connectivity index (χ4v) is 3.93. The number of hydrogen-bond acceptors (Lipinski definition) is 4. The van der Waals surface area contributed by atoms with Crippen molar-refractivity contribution in [2.45, 2.75) is 43.2 Å². The van der Waals surface area contributed by atoms with Crippen molar-refractivity contribution < 1.29 is 13.2 Å². The van der Waals surface area contributed by atoms with E-state index in [1.807, 2.05) is 4.57 Å². The van der Waals surface area contributed by atoms with Crippen LogP contribution in [0.1, 0.15) is 37.4 Å². The van der Waals surface area contributed by atoms with E-state index >= 15 is 0 Å². The Morgan fingerprint density at radius 1 is 1.29 bits per heavy atom. The molecule has 0 spiro atoms. The molecule has 118 valence electrons. The minimum absolute atomic E-state index is 0.335. The molecular weight excluding hydrogens is 290 g/mol. The smallest absolute Gasteiger partial charge is 0.242 e. The number of ether oxygens (including phenoxy) is 1. The van der Waals surface area contributed by atoms with Crippen LogP contribution >= 0.6 is 0 Å². The highest BCUT2D eigenvalue weighted by Crippen LogP contribution is 2.37. The van der Waals surface area contributed by atoms with E-state index in [0.29, 0.717) is 29.9 Å². The van der Waals surface area contributed by atoms with E-state index in [9.17, 15) is 8.42 Å². The number of nitrogens with one attached hydrogen (secondary N) is 1. The largest absolute Gasteiger partial charge is 0.381 e. The van der Waals surface area contributed by atoms with Crippen LogP contribution in [-0.2, 0) is 21.3 Å². The van der Waals surface area contributed by atoms with Crippen LogP contribution in [0.25, 0.3) is 0 Å². The lowest BCUT2D eigenvalue weighted by molar-refractivity contribution is 0.0678. The number of rotatable bonds is 6. The highest BCUT2D eigenvalue weighted by atomic mass is 32.2. The van der Waals surface area contributed by atoms with Gasteiger partial charge in [0, 0.05) is 44.2 Å². The van der Waals surface area contributed by atoms with Gasteiger partial charge in [0.05, 0.1) is 4.90 Å². The van der Waals surface area contributed by atoms with Crippen molar-refractivity contribution in [1.82, 2.24) is 9.29 Å². The maximum absolute atomic E-state index is 12.4. The number of sulfonamides is 1. The van der Waals surface area contributed by atoms with Crippen LogP contribution < -0.4 is 10.5 Å². The van der Waals surface area contributed by atoms with Gasteiger partial charge in [0.15, 0.2) is 0 Å². The Morgan fingerprint density at radius 2 is 2.00 bits per heavy atom. The number of nitrogens with two attached hydrogens (primary N) is 1. The summed E-state index contributed by atoms with van der Waals surface area (Å²) in [5, 5.41) is 0. The van der Waals surface area contributed by atoms with Gasteiger partial charge in [-0.3, -0.25) is 0 Å². The van der Waals surface area contributed by atoms with Crippen LogP contribution in [0.5, 0.6) is 0 Å². The number of aromatic nitrogens is 1. The minimum Gasteiger partial charge on any atom is -0.381 e. The SMILES string of the molecule is NCc1cc(S(=O)(=O)NCC2CCOCC2)cn1C1CC1. The number of hydrogen-bond donors (Lipinski definition) is 2. The van der Waals surface area contributed by atoms with Crippen molar-refractivity contribution in [1.29, 1.82) is 0 Å². The average Bonchev–Trinajstić information content (AvgIpc) is 3.24. The highest BCUT2D eigenvalue weighted by molar-refractivity contribution is 7.89. The maximum atomic E-state index is 12.4. The normalized spacial score (nSPS) is 20.8. The first-order chi connectivity index (χ1) is 10.1. The van der Waals surface area contributed by atoms with Crippen LogP contribution in [0.15, 0.2) is 17.2 Å². The van der Waals surface area contributed by atoms with Crippen molar-refractivity contribution in [3.63, 3.8) is 0 Å². The van der Waals surface area contributed by atoms with Crippen LogP contribution in [0.4, 0.5) is 0 Å². The Kier molecular flexibility index (Phi) is 4.35. The third kappa shape index (κ3) is 3.48. The van der Waals surface area contributed by atoms with E-state index < -0.39 is 10.0 Å². The molecule has 0 unspecified atom stereocenters. The summed E-state index contributed by atoms with van der Waals surface area (Å²) in [5.41, 5.74) is 6.61. The first-order valence-electron chi connectivity index (χ1n) is 7.58. The predicted molar refractivity (Wildman–Crippen MR) is 79.3 cm³/mol. The predicted octanol–water partition coefficient (Wildman–Crippen LogP) is 0.987. The molecule has 1 aromatic rings. The summed E-state index contributed by atoms with van der Waals surface area (Å²) in [6.07, 6.45) is 5.78. The van der Waals surface area contributed by atoms with Crippen LogP contribution in [0.3, 0.4) is 0 Å². The molecule has 2 aliphatic rings. The zero-order valence-corrected chi connectivity index (χ0v) is 12.9. The summed E-state index contributed by atoms with van der Waals surface area (Å²) in [5.74, 6) is 0.369. The summed E-state index contributed by atoms with van der Waals surface area (Å²) >= 11 is 0. The molecule has 1 saturated heterocycles. The Hall–Kier alpha value is -0.890. The molecule has 3 N–H and O–H groups in total. The molecule has 6 nitrogen and oxygen atoms in total. The third-order valence-corrected chi connectivity index (χ3v) is 5.66. The van der Waals surface area contributed by atoms with Gasteiger partial charge in [0.1, 0.15) is 0 Å². The Labute approximate surface area is 125 Å². The second-order valence-electron chi connectivity index (χ2n) is 5.92. The standard InChI is InChI=1S/C14H23N3O3S/c15-8-13-7-14(10-17(13)12-1-2-12)21(18,19)16-9-11-3-5-20-6-4-11/h7,10-12,16H,1-6,8-9,15H2. The maximum Gasteiger partial charge on any atom is 0.242 e. The van der Waals surface area contributed by atoms with Gasteiger partial charge in [-0.15, -0.1) is 0 Å². The van der Waals surface area contributed by atoms with Gasteiger partial charge >= 0.3 is 0 Å². The second-order valence-corrected chi connectivity index (χ2v) is 7.68. The lowest BCUT2D eigenvalue weighted by Crippen LogP contribution is -2.32. The molecule has 1 aliphatic heterocycles. The zero-order valence-electron chi connectivity index (χ0n) is 12.1. The quantitative estimate of drug-likeness (QED) is 0.820. The first kappa shape index (κ1) is 15.0. The van der Waals surface area contributed by atoms with E-state index in [1.54, 1.807) is 12.3 Å². The van der Waals surface area contributed by atoms with Crippen LogP contribution in [0, 0.1) is 5.92 Å². The Morgan fingerprint density at radius 3 is 2.62 bits per heavy atom. The number of nitrogens with zero attached hydrogens (tertiary/aromatic N) is 1. The van der Waals surface area contributed by atoms with Gasteiger partial charge in [0.25, 0.3) is 0 Å². The van der Waals surface area contributed by atoms with E-state index in [-0.39, 0.29) is 0 Å². The first-order valence-corrected chi connectivity index (χ1v) is 9.06. The zero-order chi connectivity index (χ0) is 14.9. The Bertz CT molecular complexity index is 587.